The maximum absolute atomic E-state index is 12.7. The number of hydrogen-bond acceptors (Lipinski definition) is 3. The number of carbonyl (C=O) groups excluding carboxylic acids is 1. The predicted octanol–water partition coefficient (Wildman–Crippen LogP) is 4.42. The maximum Gasteiger partial charge on any atom is 0.191 e. The number of allylic oxidation sites excluding steroid dienone is 1. The zero-order valence-electron chi connectivity index (χ0n) is 13.4. The van der Waals surface area contributed by atoms with Crippen LogP contribution in [-0.2, 0) is 6.42 Å². The van der Waals surface area contributed by atoms with Crippen LogP contribution in [0.25, 0.3) is 0 Å². The average Bonchev–Trinajstić information content (AvgIpc) is 2.74. The van der Waals surface area contributed by atoms with Crippen LogP contribution in [0, 0.1) is 0 Å². The molecule has 0 saturated carbocycles. The topological polar surface area (TPSA) is 20.3 Å². The minimum Gasteiger partial charge on any atom is -0.380 e. The summed E-state index contributed by atoms with van der Waals surface area (Å²) in [6.07, 6.45) is 3.85. The van der Waals surface area contributed by atoms with E-state index < -0.39 is 0 Å². The zero-order chi connectivity index (χ0) is 16.1. The summed E-state index contributed by atoms with van der Waals surface area (Å²) in [6.45, 7) is 0.912. The fourth-order valence-corrected chi connectivity index (χ4v) is 3.77. The number of carbonyl (C=O) groups is 1. The van der Waals surface area contributed by atoms with E-state index in [-0.39, 0.29) is 5.78 Å². The monoisotopic (exact) mass is 323 g/mol. The Bertz CT molecular complexity index is 709. The van der Waals surface area contributed by atoms with Crippen LogP contribution in [0.1, 0.15) is 22.3 Å². The van der Waals surface area contributed by atoms with Gasteiger partial charge in [0.05, 0.1) is 0 Å². The number of thioether (sulfide) groups is 1. The molecule has 0 unspecified atom stereocenters. The van der Waals surface area contributed by atoms with Crippen LogP contribution < -0.4 is 0 Å². The molecule has 3 rings (SSSR count). The second-order valence-corrected chi connectivity index (χ2v) is 6.93. The van der Waals surface area contributed by atoms with E-state index in [0.29, 0.717) is 0 Å². The third-order valence-corrected chi connectivity index (χ3v) is 5.10. The number of benzene rings is 2. The number of hydrogen-bond donors (Lipinski definition) is 0. The summed E-state index contributed by atoms with van der Waals surface area (Å²) in [6, 6.07) is 18.4. The maximum atomic E-state index is 12.7. The molecule has 2 nitrogen and oxygen atoms in total. The third kappa shape index (κ3) is 4.05. The van der Waals surface area contributed by atoms with Crippen molar-refractivity contribution < 1.29 is 4.79 Å². The molecule has 118 valence electrons. The molecular formula is C20H21NOS. The lowest BCUT2D eigenvalue weighted by Crippen LogP contribution is -2.17. The molecule has 0 amide bonds. The minimum atomic E-state index is 0.178. The number of likely N-dealkylation sites (N-methyl/N-ethyl adjacent to an activating group) is 1. The van der Waals surface area contributed by atoms with Crippen molar-refractivity contribution in [3.05, 3.63) is 77.5 Å². The fourth-order valence-electron chi connectivity index (χ4n) is 2.74. The Labute approximate surface area is 142 Å². The third-order valence-electron chi connectivity index (χ3n) is 4.02. The average molecular weight is 323 g/mol. The molecule has 2 aromatic rings. The first kappa shape index (κ1) is 15.9. The lowest BCUT2D eigenvalue weighted by molar-refractivity contribution is 0.102. The van der Waals surface area contributed by atoms with Gasteiger partial charge in [0.1, 0.15) is 0 Å². The second kappa shape index (κ2) is 7.51. The SMILES string of the molecule is CN(/C=C1\CCSc2ccccc2C1=O)CCc1ccccc1. The zero-order valence-corrected chi connectivity index (χ0v) is 14.2. The number of nitrogens with zero attached hydrogens (tertiary/aromatic N) is 1. The summed E-state index contributed by atoms with van der Waals surface area (Å²) in [5, 5.41) is 0. The molecule has 1 heterocycles. The van der Waals surface area contributed by atoms with Gasteiger partial charge in [-0.2, -0.15) is 0 Å². The summed E-state index contributed by atoms with van der Waals surface area (Å²) < 4.78 is 0. The highest BCUT2D eigenvalue weighted by Gasteiger charge is 2.20. The van der Waals surface area contributed by atoms with Crippen LogP contribution in [-0.4, -0.2) is 30.0 Å². The van der Waals surface area contributed by atoms with Crippen LogP contribution in [0.3, 0.4) is 0 Å². The molecule has 0 fully saturated rings. The Kier molecular flexibility index (Phi) is 5.19. The molecule has 0 saturated heterocycles. The van der Waals surface area contributed by atoms with Crippen molar-refractivity contribution in [3.63, 3.8) is 0 Å². The van der Waals surface area contributed by atoms with E-state index in [9.17, 15) is 4.79 Å². The summed E-state index contributed by atoms with van der Waals surface area (Å²) in [4.78, 5) is 16.0. The van der Waals surface area contributed by atoms with E-state index in [1.807, 2.05) is 43.6 Å². The van der Waals surface area contributed by atoms with Crippen molar-refractivity contribution in [3.8, 4) is 0 Å². The summed E-state index contributed by atoms with van der Waals surface area (Å²) in [5.41, 5.74) is 3.08. The summed E-state index contributed by atoms with van der Waals surface area (Å²) in [7, 11) is 2.05. The van der Waals surface area contributed by atoms with E-state index in [4.69, 9.17) is 0 Å². The van der Waals surface area contributed by atoms with Crippen molar-refractivity contribution in [2.75, 3.05) is 19.3 Å². The predicted molar refractivity (Wildman–Crippen MR) is 97.0 cm³/mol. The molecule has 0 radical (unpaired) electrons. The Morgan fingerprint density at radius 2 is 1.83 bits per heavy atom. The first-order valence-corrected chi connectivity index (χ1v) is 8.94. The highest BCUT2D eigenvalue weighted by atomic mass is 32.2. The molecule has 23 heavy (non-hydrogen) atoms. The Hall–Kier alpha value is -2.00. The number of fused-ring (bicyclic) bond motifs is 1. The van der Waals surface area contributed by atoms with Crippen LogP contribution in [0.2, 0.25) is 0 Å². The molecule has 0 spiro atoms. The number of ketones is 1. The smallest absolute Gasteiger partial charge is 0.191 e. The van der Waals surface area contributed by atoms with Crippen molar-refractivity contribution in [1.29, 1.82) is 0 Å². The van der Waals surface area contributed by atoms with Gasteiger partial charge in [-0.05, 0) is 30.5 Å². The quantitative estimate of drug-likeness (QED) is 0.777. The van der Waals surface area contributed by atoms with Crippen molar-refractivity contribution in [2.24, 2.45) is 0 Å². The molecule has 0 aromatic heterocycles. The Balaban J connectivity index is 1.70. The minimum absolute atomic E-state index is 0.178. The number of Topliss-reactive ketones (excluding diaryl/α,β-unsaturated/α-hetero) is 1. The molecule has 1 aliphatic rings. The van der Waals surface area contributed by atoms with Crippen LogP contribution in [0.4, 0.5) is 0 Å². The van der Waals surface area contributed by atoms with Gasteiger partial charge < -0.3 is 4.90 Å². The molecule has 0 atom stereocenters. The van der Waals surface area contributed by atoms with E-state index in [1.165, 1.54) is 5.56 Å². The first-order chi connectivity index (χ1) is 11.2. The number of rotatable bonds is 4. The van der Waals surface area contributed by atoms with Gasteiger partial charge >= 0.3 is 0 Å². The van der Waals surface area contributed by atoms with Gasteiger partial charge in [-0.25, -0.2) is 0 Å². The Morgan fingerprint density at radius 3 is 2.65 bits per heavy atom. The summed E-state index contributed by atoms with van der Waals surface area (Å²) >= 11 is 1.77. The lowest BCUT2D eigenvalue weighted by atomic mass is 10.0. The van der Waals surface area contributed by atoms with Crippen LogP contribution in [0.5, 0.6) is 0 Å². The molecule has 1 aliphatic heterocycles. The molecule has 3 heteroatoms. The van der Waals surface area contributed by atoms with Crippen LogP contribution >= 0.6 is 11.8 Å². The highest BCUT2D eigenvalue weighted by Crippen LogP contribution is 2.31. The van der Waals surface area contributed by atoms with Gasteiger partial charge in [0, 0.05) is 41.6 Å². The second-order valence-electron chi connectivity index (χ2n) is 5.79. The Morgan fingerprint density at radius 1 is 1.09 bits per heavy atom. The molecule has 0 bridgehead atoms. The van der Waals surface area contributed by atoms with E-state index >= 15 is 0 Å². The van der Waals surface area contributed by atoms with E-state index in [0.717, 1.165) is 41.2 Å². The molecule has 2 aromatic carbocycles. The standard InChI is InChI=1S/C20H21NOS/c1-21(13-11-16-7-3-2-4-8-16)15-17-12-14-23-19-10-6-5-9-18(19)20(17)22/h2-10,15H,11-14H2,1H3/b17-15+. The molecule has 0 N–H and O–H groups in total. The molecular weight excluding hydrogens is 302 g/mol. The normalized spacial score (nSPS) is 16.0. The van der Waals surface area contributed by atoms with Crippen LogP contribution in [0.15, 0.2) is 71.3 Å². The van der Waals surface area contributed by atoms with Gasteiger partial charge in [-0.15, -0.1) is 11.8 Å². The summed E-state index contributed by atoms with van der Waals surface area (Å²) in [5.74, 6) is 1.14. The van der Waals surface area contributed by atoms with Gasteiger partial charge in [0.15, 0.2) is 5.78 Å². The first-order valence-electron chi connectivity index (χ1n) is 7.95. The van der Waals surface area contributed by atoms with Gasteiger partial charge in [0.25, 0.3) is 0 Å². The van der Waals surface area contributed by atoms with Crippen molar-refractivity contribution in [1.82, 2.24) is 4.90 Å². The van der Waals surface area contributed by atoms with Gasteiger partial charge in [-0.1, -0.05) is 42.5 Å². The van der Waals surface area contributed by atoms with Crippen molar-refractivity contribution in [2.45, 2.75) is 17.7 Å². The van der Waals surface area contributed by atoms with Gasteiger partial charge in [0.2, 0.25) is 0 Å². The van der Waals surface area contributed by atoms with Gasteiger partial charge in [-0.3, -0.25) is 4.79 Å². The molecule has 0 aliphatic carbocycles. The van der Waals surface area contributed by atoms with E-state index in [1.54, 1.807) is 11.8 Å². The highest BCUT2D eigenvalue weighted by molar-refractivity contribution is 7.99. The largest absolute Gasteiger partial charge is 0.380 e. The van der Waals surface area contributed by atoms with Crippen molar-refractivity contribution >= 4 is 17.5 Å². The lowest BCUT2D eigenvalue weighted by Gasteiger charge is -2.16. The van der Waals surface area contributed by atoms with E-state index in [2.05, 4.69) is 29.2 Å². The fraction of sp³-hybridized carbons (Fsp3) is 0.250.